The zero-order valence-electron chi connectivity index (χ0n) is 10.4. The van der Waals surface area contributed by atoms with Crippen LogP contribution in [0.4, 0.5) is 0 Å². The van der Waals surface area contributed by atoms with Crippen LogP contribution in [0.15, 0.2) is 5.38 Å². The van der Waals surface area contributed by atoms with Crippen LogP contribution in [0.1, 0.15) is 36.9 Å². The third-order valence-electron chi connectivity index (χ3n) is 3.44. The molecule has 0 amide bonds. The summed E-state index contributed by atoms with van der Waals surface area (Å²) < 4.78 is 0. The van der Waals surface area contributed by atoms with Crippen LogP contribution < -0.4 is 0 Å². The summed E-state index contributed by atoms with van der Waals surface area (Å²) in [7, 11) is 2.11. The Morgan fingerprint density at radius 3 is 2.88 bits per heavy atom. The SMILES string of the molecule is CN1CCC(c2nc(C(C)(C)C(=O)O)cs2)C1. The highest BCUT2D eigenvalue weighted by Crippen LogP contribution is 2.32. The fourth-order valence-electron chi connectivity index (χ4n) is 2.01. The summed E-state index contributed by atoms with van der Waals surface area (Å²) in [6.07, 6.45) is 1.12. The molecule has 2 heterocycles. The molecule has 1 fully saturated rings. The van der Waals surface area contributed by atoms with Crippen LogP contribution in [-0.4, -0.2) is 41.1 Å². The lowest BCUT2D eigenvalue weighted by Gasteiger charge is -2.16. The molecule has 1 aliphatic rings. The lowest BCUT2D eigenvalue weighted by molar-refractivity contribution is -0.142. The smallest absolute Gasteiger partial charge is 0.315 e. The van der Waals surface area contributed by atoms with E-state index >= 15 is 0 Å². The molecule has 0 radical (unpaired) electrons. The quantitative estimate of drug-likeness (QED) is 0.895. The van der Waals surface area contributed by atoms with Crippen molar-refractivity contribution in [1.82, 2.24) is 9.88 Å². The number of likely N-dealkylation sites (N-methyl/N-ethyl adjacent to an activating group) is 1. The Morgan fingerprint density at radius 1 is 1.65 bits per heavy atom. The van der Waals surface area contributed by atoms with Gasteiger partial charge in [-0.2, -0.15) is 0 Å². The zero-order chi connectivity index (χ0) is 12.6. The second-order valence-corrected chi connectivity index (χ2v) is 6.14. The maximum Gasteiger partial charge on any atom is 0.315 e. The number of thiazole rings is 1. The van der Waals surface area contributed by atoms with Gasteiger partial charge in [0.1, 0.15) is 5.41 Å². The van der Waals surface area contributed by atoms with Gasteiger partial charge in [-0.3, -0.25) is 4.79 Å². The van der Waals surface area contributed by atoms with Crippen molar-refractivity contribution in [2.75, 3.05) is 20.1 Å². The first-order chi connectivity index (χ1) is 7.91. The first-order valence-corrected chi connectivity index (χ1v) is 6.67. The molecule has 2 rings (SSSR count). The van der Waals surface area contributed by atoms with Crippen molar-refractivity contribution in [3.05, 3.63) is 16.1 Å². The summed E-state index contributed by atoms with van der Waals surface area (Å²) in [6, 6.07) is 0. The summed E-state index contributed by atoms with van der Waals surface area (Å²) in [5.74, 6) is -0.346. The topological polar surface area (TPSA) is 53.4 Å². The van der Waals surface area contributed by atoms with Gasteiger partial charge in [0.2, 0.25) is 0 Å². The molecule has 1 N–H and O–H groups in total. The third-order valence-corrected chi connectivity index (χ3v) is 4.44. The number of aromatic nitrogens is 1. The molecular formula is C12H18N2O2S. The molecule has 0 bridgehead atoms. The van der Waals surface area contributed by atoms with E-state index in [1.54, 1.807) is 25.2 Å². The van der Waals surface area contributed by atoms with E-state index in [1.165, 1.54) is 0 Å². The Kier molecular flexibility index (Phi) is 3.23. The monoisotopic (exact) mass is 254 g/mol. The lowest BCUT2D eigenvalue weighted by Crippen LogP contribution is -2.29. The molecule has 0 aromatic carbocycles. The largest absolute Gasteiger partial charge is 0.481 e. The zero-order valence-corrected chi connectivity index (χ0v) is 11.3. The van der Waals surface area contributed by atoms with Gasteiger partial charge in [0, 0.05) is 17.8 Å². The Morgan fingerprint density at radius 2 is 2.35 bits per heavy atom. The molecule has 1 atom stereocenters. The van der Waals surface area contributed by atoms with Crippen LogP contribution in [0.5, 0.6) is 0 Å². The number of carboxylic acids is 1. The molecule has 0 saturated carbocycles. The van der Waals surface area contributed by atoms with E-state index < -0.39 is 11.4 Å². The Bertz CT molecular complexity index is 428. The van der Waals surface area contributed by atoms with Crippen molar-refractivity contribution in [3.8, 4) is 0 Å². The molecule has 94 valence electrons. The fourth-order valence-corrected chi connectivity index (χ4v) is 3.12. The van der Waals surface area contributed by atoms with Gasteiger partial charge in [-0.05, 0) is 33.9 Å². The molecule has 4 nitrogen and oxygen atoms in total. The molecule has 0 spiro atoms. The van der Waals surface area contributed by atoms with Gasteiger partial charge in [-0.25, -0.2) is 4.98 Å². The van der Waals surface area contributed by atoms with E-state index in [2.05, 4.69) is 16.9 Å². The van der Waals surface area contributed by atoms with E-state index in [9.17, 15) is 4.79 Å². The summed E-state index contributed by atoms with van der Waals surface area (Å²) >= 11 is 1.59. The van der Waals surface area contributed by atoms with Crippen molar-refractivity contribution in [2.24, 2.45) is 0 Å². The minimum atomic E-state index is -0.890. The molecule has 1 saturated heterocycles. The molecule has 1 aromatic rings. The van der Waals surface area contributed by atoms with E-state index in [1.807, 2.05) is 5.38 Å². The number of hydrogen-bond acceptors (Lipinski definition) is 4. The second kappa shape index (κ2) is 4.38. The predicted octanol–water partition coefficient (Wildman–Crippen LogP) is 1.92. The van der Waals surface area contributed by atoms with Crippen molar-refractivity contribution < 1.29 is 9.90 Å². The molecular weight excluding hydrogens is 236 g/mol. The minimum absolute atomic E-state index is 0.475. The first-order valence-electron chi connectivity index (χ1n) is 5.79. The van der Waals surface area contributed by atoms with Gasteiger partial charge in [0.15, 0.2) is 0 Å². The van der Waals surface area contributed by atoms with Crippen molar-refractivity contribution in [3.63, 3.8) is 0 Å². The van der Waals surface area contributed by atoms with Gasteiger partial charge in [-0.1, -0.05) is 0 Å². The second-order valence-electron chi connectivity index (χ2n) is 5.25. The van der Waals surface area contributed by atoms with Gasteiger partial charge in [0.05, 0.1) is 10.7 Å². The summed E-state index contributed by atoms with van der Waals surface area (Å²) in [5, 5.41) is 12.1. The molecule has 1 unspecified atom stereocenters. The average molecular weight is 254 g/mol. The fraction of sp³-hybridized carbons (Fsp3) is 0.667. The Balaban J connectivity index is 2.19. The molecule has 17 heavy (non-hydrogen) atoms. The minimum Gasteiger partial charge on any atom is -0.481 e. The van der Waals surface area contributed by atoms with Crippen LogP contribution in [0, 0.1) is 0 Å². The van der Waals surface area contributed by atoms with Gasteiger partial charge < -0.3 is 10.0 Å². The van der Waals surface area contributed by atoms with Crippen LogP contribution in [0.3, 0.4) is 0 Å². The maximum atomic E-state index is 11.2. The summed E-state index contributed by atoms with van der Waals surface area (Å²) in [4.78, 5) is 18.0. The normalized spacial score (nSPS) is 21.9. The first kappa shape index (κ1) is 12.5. The summed E-state index contributed by atoms with van der Waals surface area (Å²) in [6.45, 7) is 5.53. The maximum absolute atomic E-state index is 11.2. The lowest BCUT2D eigenvalue weighted by atomic mass is 9.90. The third kappa shape index (κ3) is 2.35. The molecule has 1 aliphatic heterocycles. The highest BCUT2D eigenvalue weighted by Gasteiger charge is 2.33. The van der Waals surface area contributed by atoms with E-state index in [0.29, 0.717) is 11.6 Å². The number of aliphatic carboxylic acids is 1. The van der Waals surface area contributed by atoms with E-state index in [0.717, 1.165) is 24.5 Å². The predicted molar refractivity (Wildman–Crippen MR) is 67.6 cm³/mol. The average Bonchev–Trinajstić information content (AvgIpc) is 2.85. The van der Waals surface area contributed by atoms with Crippen molar-refractivity contribution in [2.45, 2.75) is 31.6 Å². The number of carboxylic acid groups (broad SMARTS) is 1. The number of likely N-dealkylation sites (tertiary alicyclic amines) is 1. The standard InChI is InChI=1S/C12H18N2O2S/c1-12(2,11(15)16)9-7-17-10(13-9)8-4-5-14(3)6-8/h7-8H,4-6H2,1-3H3,(H,15,16). The summed E-state index contributed by atoms with van der Waals surface area (Å²) in [5.41, 5.74) is -0.209. The van der Waals surface area contributed by atoms with Crippen LogP contribution in [-0.2, 0) is 10.2 Å². The van der Waals surface area contributed by atoms with Crippen LogP contribution >= 0.6 is 11.3 Å². The van der Waals surface area contributed by atoms with Crippen LogP contribution in [0.25, 0.3) is 0 Å². The van der Waals surface area contributed by atoms with Crippen LogP contribution in [0.2, 0.25) is 0 Å². The van der Waals surface area contributed by atoms with Gasteiger partial charge >= 0.3 is 5.97 Å². The van der Waals surface area contributed by atoms with Crippen molar-refractivity contribution in [1.29, 1.82) is 0 Å². The number of nitrogens with zero attached hydrogens (tertiary/aromatic N) is 2. The number of rotatable bonds is 3. The van der Waals surface area contributed by atoms with Gasteiger partial charge in [-0.15, -0.1) is 11.3 Å². The Labute approximate surface area is 105 Å². The van der Waals surface area contributed by atoms with Crippen molar-refractivity contribution >= 4 is 17.3 Å². The highest BCUT2D eigenvalue weighted by molar-refractivity contribution is 7.09. The number of hydrogen-bond donors (Lipinski definition) is 1. The van der Waals surface area contributed by atoms with Gasteiger partial charge in [0.25, 0.3) is 0 Å². The highest BCUT2D eigenvalue weighted by atomic mass is 32.1. The number of carbonyl (C=O) groups is 1. The Hall–Kier alpha value is -0.940. The molecule has 5 heteroatoms. The van der Waals surface area contributed by atoms with E-state index in [4.69, 9.17) is 5.11 Å². The molecule has 0 aliphatic carbocycles. The molecule has 1 aromatic heterocycles. The van der Waals surface area contributed by atoms with E-state index in [-0.39, 0.29) is 0 Å².